The first kappa shape index (κ1) is 316. The second-order valence-corrected chi connectivity index (χ2v) is 0. The maximum absolute atomic E-state index is 5.00. The standard InChI is InChI=1S/79CH4.45H2/h79*1H4;45*1H/i;;;;;;;;;;;;;;;;;;;;;;;;;;;;;;;;;;;;;;;;;;;;;;;;;;;;;;;;;;;;;;;;;;;;;;;;;;;;;;;39*1+1D;6*1+1. The molecule has 0 aromatic rings. The van der Waals surface area contributed by atoms with Gasteiger partial charge in [0.2, 0.25) is 0 Å². The minimum atomic E-state index is 0. The summed E-state index contributed by atoms with van der Waals surface area (Å²) in [6.07, 6.45) is 0. The van der Waals surface area contributed by atoms with Crippen LogP contribution >= 0.6 is 0 Å². The molecule has 0 nitrogen and oxygen atoms in total. The van der Waals surface area contributed by atoms with Gasteiger partial charge in [0.25, 0.3) is 0 Å². The summed E-state index contributed by atoms with van der Waals surface area (Å²) in [5, 5.41) is 0. The van der Waals surface area contributed by atoms with Crippen LogP contribution in [0.4, 0.5) is 0 Å². The van der Waals surface area contributed by atoms with Crippen molar-refractivity contribution in [2.45, 2.75) is 587 Å². The maximum Gasteiger partial charge on any atom is 0 e. The summed E-state index contributed by atoms with van der Waals surface area (Å²) in [5.74, 6) is 0. The van der Waals surface area contributed by atoms with Crippen molar-refractivity contribution >= 4 is 0 Å². The summed E-state index contributed by atoms with van der Waals surface area (Å²) < 4.78 is 390. The Kier molecular flexibility index (Phi) is 0. The third-order valence-electron chi connectivity index (χ3n) is 0. The van der Waals surface area contributed by atoms with Gasteiger partial charge in [-0.1, -0.05) is 587 Å². The highest BCUT2D eigenvalue weighted by molar-refractivity contribution is 2.58. The average Bonchev–Trinajstić information content (AvgIpc) is 3.69. The molecule has 0 spiro atoms. The van der Waals surface area contributed by atoms with E-state index in [0.717, 1.165) is 0 Å². The smallest absolute Gasteiger partial charge is 0 e. The molecule has 0 saturated heterocycles. The zero-order valence-electron chi connectivity index (χ0n) is 78.0. The Labute approximate surface area is 713 Å². The van der Waals surface area contributed by atoms with E-state index in [0.29, 0.717) is 0 Å². The molecule has 0 N–H and O–H groups in total. The molecule has 0 saturated carbocycles. The third-order valence-corrected chi connectivity index (χ3v) is 0. The maximum atomic E-state index is 5.00. The molecule has 0 bridgehead atoms. The Morgan fingerprint density at radius 2 is 0.0380 bits per heavy atom. The van der Waals surface area contributed by atoms with Crippen LogP contribution in [0.25, 0.3) is 0 Å². The second kappa shape index (κ2) is 0. The molecular weight excluding hydrogens is 949 g/mol. The quantitative estimate of drug-likeness (QED) is 0.227. The van der Waals surface area contributed by atoms with Gasteiger partial charge in [0, 0.05) is 124 Å². The molecule has 79 heavy (non-hydrogen) atoms. The fourth-order valence-corrected chi connectivity index (χ4v) is 0. The number of hydrogen-bond acceptors (Lipinski definition) is 0. The van der Waals surface area contributed by atoms with Gasteiger partial charge in [-0.25, -0.2) is 0 Å². The number of rotatable bonds is 0. The van der Waals surface area contributed by atoms with Crippen LogP contribution in [0.3, 0.4) is 0 Å². The molecule has 0 amide bonds. The van der Waals surface area contributed by atoms with Gasteiger partial charge in [-0.15, -0.1) is 0 Å². The molecule has 0 rings (SSSR count). The SMILES string of the molecule is C.C.C.C.C.C.C.C.C.C.C.C.C.C.C.C.C.C.C.C.C.C.C.C.C.C.C.C.C.C.C.C.C.C.C.C.C.C.C.C.C.C.C.C.C.C.C.C.C.C.C.C.C.C.C.C.C.C.C.C.C.C.C.C.C.C.C.C.C.C.C.C.C.C.C.C.C.C.C.[2HH].[2HH].[2HH].[2HH].[2HH].[2HH].[2H][2H].[2H][2H].[2H][2H].[2H][2H].[2H][2H].[2H][2H].[2H][2H].[2H][2H].[2H][2H].[2H][2H].[2H][2H].[2H][2H].[2H][2H].[2H][2H].[2H][2H].[2H][2H].[2H][2H].[2H][2H].[2H][2H].[2H][2H].[2H][2H].[2H][2H].[2H][2H].[2H][2H].[2H][2H].[2H][2H].[2H][2H].[2H][2H].[2H][2H].[2H][2H].[2H][2H].[2H][2H].[2H][2H].[2H][2H].[2H][2H].[2H][2H].[2H][2H].[2H][2H].[2H][2H]. The Hall–Kier alpha value is 0. The Balaban J connectivity index is -0.000000000774. The van der Waals surface area contributed by atoms with Gasteiger partial charge in [0.1, 0.15) is 0 Å². The van der Waals surface area contributed by atoms with Gasteiger partial charge in [0.15, 0.2) is 0 Å². The van der Waals surface area contributed by atoms with E-state index >= 15 is 0 Å². The number of hydrogen-bond donors (Lipinski definition) is 0. The van der Waals surface area contributed by atoms with Gasteiger partial charge >= 0.3 is 0 Å². The molecule has 0 aromatic heterocycles. The topological polar surface area (TPSA) is 0 Å². The average molecular weight is 1440 g/mol. The lowest BCUT2D eigenvalue weighted by Gasteiger charge is -0.0786. The highest BCUT2D eigenvalue weighted by Gasteiger charge is 0.000442. The van der Waals surface area contributed by atoms with E-state index in [9.17, 15) is 0 Å². The van der Waals surface area contributed by atoms with Crippen molar-refractivity contribution in [2.75, 3.05) is 0 Å². The summed E-state index contributed by atoms with van der Waals surface area (Å²) in [5.41, 5.74) is 0. The van der Waals surface area contributed by atoms with Crippen molar-refractivity contribution in [1.82, 2.24) is 0 Å². The van der Waals surface area contributed by atoms with E-state index in [4.69, 9.17) is 116 Å². The van der Waals surface area contributed by atoms with Gasteiger partial charge in [0.05, 0.1) is 0 Å². The van der Waals surface area contributed by atoms with E-state index in [1.807, 2.05) is 0 Å². The molecule has 0 aromatic carbocycles. The third kappa shape index (κ3) is 0. The largest absolute Gasteiger partial charge is 0.0776 e. The van der Waals surface area contributed by atoms with E-state index in [2.05, 4.69) is 0 Å². The highest BCUT2D eigenvalue weighted by atomic mass is 12.1. The van der Waals surface area contributed by atoms with E-state index in [-0.39, 0.29) is 595 Å². The van der Waals surface area contributed by atoms with Gasteiger partial charge in [-0.2, -0.15) is 0 Å². The predicted octanol–water partition coefficient (Wildman–Crippen LogP) is 61.3. The Morgan fingerprint density at radius 1 is 0.0380 bits per heavy atom. The monoisotopic (exact) mass is 1440 g/mol. The van der Waals surface area contributed by atoms with Gasteiger partial charge in [-0.05, 0) is 0 Å². The Morgan fingerprint density at radius 3 is 0.0380 bits per heavy atom. The van der Waals surface area contributed by atoms with Crippen LogP contribution < -0.4 is 0 Å². The molecule has 0 atom stereocenters. The summed E-state index contributed by atoms with van der Waals surface area (Å²) >= 11 is 0. The fourth-order valence-electron chi connectivity index (χ4n) is 0. The van der Waals surface area contributed by atoms with Crippen molar-refractivity contribution < 1.29 is 124 Å². The molecule has 0 aliphatic rings. The molecule has 0 aliphatic heterocycles. The lowest BCUT2D eigenvalue weighted by molar-refractivity contribution is 2.50. The van der Waals surface area contributed by atoms with Gasteiger partial charge in [-0.3, -0.25) is 0 Å². The zero-order valence-corrected chi connectivity index (χ0v) is 0. The molecule has 0 heterocycles. The highest BCUT2D eigenvalue weighted by Crippen LogP contribution is 0.222. The van der Waals surface area contributed by atoms with Crippen molar-refractivity contribution in [2.24, 2.45) is 0 Å². The predicted molar refractivity (Wildman–Crippen MR) is 627 cm³/mol. The molecule has 0 radical (unpaired) electrons. The van der Waals surface area contributed by atoms with Crippen LogP contribution in [-0.2, 0) is 0 Å². The van der Waals surface area contributed by atoms with Crippen molar-refractivity contribution in [3.8, 4) is 0 Å². The Bertz CT molecular complexity index is 163. The van der Waals surface area contributed by atoms with Crippen molar-refractivity contribution in [3.63, 3.8) is 0 Å². The first-order valence-electron chi connectivity index (χ1n) is 39.0. The van der Waals surface area contributed by atoms with Crippen molar-refractivity contribution in [1.29, 1.82) is 0 Å². The minimum absolute atomic E-state index is 0. The summed E-state index contributed by atoms with van der Waals surface area (Å²) in [6, 6.07) is 0. The summed E-state index contributed by atoms with van der Waals surface area (Å²) in [4.78, 5) is 0. The zero-order chi connectivity index (χ0) is 78.0. The van der Waals surface area contributed by atoms with Gasteiger partial charge < -0.3 is 0 Å². The molecular formula is C79H406. The van der Waals surface area contributed by atoms with Crippen LogP contribution in [0.15, 0.2) is 0 Å². The molecule has 0 unspecified atom stereocenters. The summed E-state index contributed by atoms with van der Waals surface area (Å²) in [7, 11) is 0. The molecule has 0 fully saturated rings. The van der Waals surface area contributed by atoms with Crippen LogP contribution in [0, 0.1) is 0 Å². The first-order chi connectivity index (χ1) is 39.0. The first-order valence-corrected chi connectivity index (χ1v) is 0. The fraction of sp³-hybridized carbons (Fsp3) is 1.00. The summed E-state index contributed by atoms with van der Waals surface area (Å²) in [6.45, 7) is 0. The van der Waals surface area contributed by atoms with E-state index in [1.54, 1.807) is 0 Å². The van der Waals surface area contributed by atoms with Crippen molar-refractivity contribution in [3.05, 3.63) is 0 Å². The normalized spacial score (nSPS) is 3.95. The second-order valence-electron chi connectivity index (χ2n) is 0. The van der Waals surface area contributed by atoms with Crippen LogP contribution in [0.5, 0.6) is 0 Å². The van der Waals surface area contributed by atoms with Crippen LogP contribution in [0.2, 0.25) is 0 Å². The minimum Gasteiger partial charge on any atom is -0.0776 e. The van der Waals surface area contributed by atoms with E-state index < -0.39 is 0 Å². The lowest BCUT2D eigenvalue weighted by Crippen LogP contribution is 0.143. The lowest BCUT2D eigenvalue weighted by atomic mass is 12.0. The van der Waals surface area contributed by atoms with Crippen LogP contribution in [0.1, 0.15) is 711 Å². The molecule has 0 aliphatic carbocycles. The van der Waals surface area contributed by atoms with E-state index in [1.165, 1.54) is 0 Å². The molecule has 722 valence electrons. The molecule has 0 heteroatoms. The van der Waals surface area contributed by atoms with Crippen LogP contribution in [-0.4, -0.2) is 0 Å².